The van der Waals surface area contributed by atoms with Crippen LogP contribution in [0.25, 0.3) is 72.4 Å². The SMILES string of the molecule is CC(C)(C)c1cc(-c2cc(-c3ccncc3)cc3c(C(C)(C)C)ccnc23)cc(-c2cccc3c2nc(-c2cc(C(C)(C)C)ccc2O)n3-c2ccccc2)c1. The van der Waals surface area contributed by atoms with Gasteiger partial charge in [-0.2, -0.15) is 0 Å². The molecule has 0 radical (unpaired) electrons. The fraction of sp³-hybridized carbons (Fsp3) is 0.235. The fourth-order valence-corrected chi connectivity index (χ4v) is 7.74. The molecule has 0 spiro atoms. The second-order valence-corrected chi connectivity index (χ2v) is 18.1. The molecular weight excluding hydrogens is 685 g/mol. The number of hydrogen-bond donors (Lipinski definition) is 1. The van der Waals surface area contributed by atoms with Crippen molar-refractivity contribution in [2.75, 3.05) is 0 Å². The minimum Gasteiger partial charge on any atom is -0.507 e. The molecule has 3 aromatic heterocycles. The van der Waals surface area contributed by atoms with Gasteiger partial charge in [-0.3, -0.25) is 14.5 Å². The van der Waals surface area contributed by atoms with E-state index in [2.05, 4.69) is 157 Å². The molecule has 0 bridgehead atoms. The van der Waals surface area contributed by atoms with Gasteiger partial charge in [0.05, 0.1) is 22.1 Å². The van der Waals surface area contributed by atoms with Gasteiger partial charge >= 0.3 is 0 Å². The van der Waals surface area contributed by atoms with Crippen LogP contribution in [0.15, 0.2) is 134 Å². The molecule has 8 rings (SSSR count). The highest BCUT2D eigenvalue weighted by molar-refractivity contribution is 6.01. The number of fused-ring (bicyclic) bond motifs is 2. The van der Waals surface area contributed by atoms with Crippen LogP contribution in [-0.4, -0.2) is 24.6 Å². The summed E-state index contributed by atoms with van der Waals surface area (Å²) in [7, 11) is 0. The van der Waals surface area contributed by atoms with Crippen molar-refractivity contribution in [3.63, 3.8) is 0 Å². The third-order valence-corrected chi connectivity index (χ3v) is 10.9. The Bertz CT molecular complexity index is 2740. The predicted octanol–water partition coefficient (Wildman–Crippen LogP) is 13.2. The van der Waals surface area contributed by atoms with Gasteiger partial charge in [0.2, 0.25) is 0 Å². The summed E-state index contributed by atoms with van der Waals surface area (Å²) in [6.45, 7) is 20.2. The Morgan fingerprint density at radius 2 is 1.20 bits per heavy atom. The molecule has 5 aromatic carbocycles. The van der Waals surface area contributed by atoms with Crippen molar-refractivity contribution >= 4 is 21.9 Å². The smallest absolute Gasteiger partial charge is 0.149 e. The summed E-state index contributed by atoms with van der Waals surface area (Å²) in [5.74, 6) is 0.900. The second-order valence-electron chi connectivity index (χ2n) is 18.1. The van der Waals surface area contributed by atoms with E-state index in [1.54, 1.807) is 6.07 Å². The van der Waals surface area contributed by atoms with Crippen LogP contribution in [0.2, 0.25) is 0 Å². The van der Waals surface area contributed by atoms with Gasteiger partial charge in [-0.25, -0.2) is 4.98 Å². The molecule has 5 heteroatoms. The van der Waals surface area contributed by atoms with Gasteiger partial charge in [-0.15, -0.1) is 0 Å². The number of para-hydroxylation sites is 2. The molecule has 280 valence electrons. The van der Waals surface area contributed by atoms with E-state index < -0.39 is 0 Å². The van der Waals surface area contributed by atoms with Gasteiger partial charge in [-0.1, -0.05) is 111 Å². The number of aromatic hydroxyl groups is 1. The van der Waals surface area contributed by atoms with E-state index in [1.165, 1.54) is 11.1 Å². The number of rotatable bonds is 5. The lowest BCUT2D eigenvalue weighted by atomic mass is 9.81. The zero-order valence-corrected chi connectivity index (χ0v) is 33.9. The Morgan fingerprint density at radius 1 is 0.500 bits per heavy atom. The molecule has 56 heavy (non-hydrogen) atoms. The molecule has 0 unspecified atom stereocenters. The number of pyridine rings is 2. The normalized spacial score (nSPS) is 12.4. The molecule has 8 aromatic rings. The number of hydrogen-bond acceptors (Lipinski definition) is 4. The number of phenols is 1. The van der Waals surface area contributed by atoms with E-state index in [0.717, 1.165) is 66.6 Å². The Morgan fingerprint density at radius 3 is 1.88 bits per heavy atom. The van der Waals surface area contributed by atoms with Crippen molar-refractivity contribution < 1.29 is 5.11 Å². The summed E-state index contributed by atoms with van der Waals surface area (Å²) < 4.78 is 2.18. The maximum absolute atomic E-state index is 11.4. The third kappa shape index (κ3) is 6.76. The number of aromatic nitrogens is 4. The number of benzene rings is 5. The number of phenolic OH excluding ortho intramolecular Hbond substituents is 1. The van der Waals surface area contributed by atoms with Gasteiger partial charge in [0.25, 0.3) is 0 Å². The van der Waals surface area contributed by atoms with Gasteiger partial charge in [0, 0.05) is 40.8 Å². The number of nitrogens with zero attached hydrogens (tertiary/aromatic N) is 4. The molecule has 0 aliphatic rings. The first kappa shape index (κ1) is 36.9. The van der Waals surface area contributed by atoms with Crippen molar-refractivity contribution in [2.24, 2.45) is 0 Å². The summed E-state index contributed by atoms with van der Waals surface area (Å²) in [6, 6.07) is 40.5. The highest BCUT2D eigenvalue weighted by Gasteiger charge is 2.25. The van der Waals surface area contributed by atoms with Crippen LogP contribution in [0.1, 0.15) is 79.0 Å². The first-order valence-electron chi connectivity index (χ1n) is 19.5. The Labute approximate surface area is 330 Å². The van der Waals surface area contributed by atoms with E-state index in [9.17, 15) is 5.11 Å². The Balaban J connectivity index is 1.43. The van der Waals surface area contributed by atoms with Crippen LogP contribution in [0.5, 0.6) is 5.75 Å². The van der Waals surface area contributed by atoms with E-state index in [1.807, 2.05) is 42.9 Å². The first-order chi connectivity index (χ1) is 26.6. The first-order valence-corrected chi connectivity index (χ1v) is 19.5. The van der Waals surface area contributed by atoms with E-state index in [4.69, 9.17) is 9.97 Å². The van der Waals surface area contributed by atoms with Crippen LogP contribution >= 0.6 is 0 Å². The lowest BCUT2D eigenvalue weighted by Crippen LogP contribution is -2.12. The molecule has 5 nitrogen and oxygen atoms in total. The standard InChI is InChI=1S/C51H50N4O/c1-49(2,3)36-18-19-45(56)42(31-36)48-54-47-39(16-13-17-44(47)55(48)38-14-11-10-12-15-38)34-26-35(28-37(27-34)50(4,5)6)40-29-33(32-20-23-52-24-21-32)30-41-43(51(7,8)9)22-25-53-46(40)41/h10-31,56H,1-9H3. The predicted molar refractivity (Wildman–Crippen MR) is 234 cm³/mol. The summed E-state index contributed by atoms with van der Waals surface area (Å²) >= 11 is 0. The number of imidazole rings is 1. The van der Waals surface area contributed by atoms with Crippen molar-refractivity contribution in [3.05, 3.63) is 151 Å². The van der Waals surface area contributed by atoms with Crippen molar-refractivity contribution in [2.45, 2.75) is 78.6 Å². The molecule has 0 aliphatic heterocycles. The molecule has 0 atom stereocenters. The van der Waals surface area contributed by atoms with Crippen LogP contribution in [-0.2, 0) is 16.2 Å². The van der Waals surface area contributed by atoms with Crippen molar-refractivity contribution in [1.29, 1.82) is 0 Å². The highest BCUT2D eigenvalue weighted by atomic mass is 16.3. The average molecular weight is 735 g/mol. The molecule has 0 aliphatic carbocycles. The van der Waals surface area contributed by atoms with Gasteiger partial charge in [-0.05, 0) is 122 Å². The van der Waals surface area contributed by atoms with E-state index >= 15 is 0 Å². The van der Waals surface area contributed by atoms with Crippen LogP contribution in [0.4, 0.5) is 0 Å². The maximum atomic E-state index is 11.4. The molecule has 1 N–H and O–H groups in total. The molecular formula is C51H50N4O. The average Bonchev–Trinajstić information content (AvgIpc) is 3.56. The van der Waals surface area contributed by atoms with Crippen molar-refractivity contribution in [3.8, 4) is 56.2 Å². The quantitative estimate of drug-likeness (QED) is 0.191. The van der Waals surface area contributed by atoms with Crippen LogP contribution in [0, 0.1) is 0 Å². The summed E-state index contributed by atoms with van der Waals surface area (Å²) in [5, 5.41) is 12.6. The fourth-order valence-electron chi connectivity index (χ4n) is 7.74. The molecule has 0 amide bonds. The summed E-state index contributed by atoms with van der Waals surface area (Å²) in [5.41, 5.74) is 14.3. The third-order valence-electron chi connectivity index (χ3n) is 10.9. The second kappa shape index (κ2) is 13.6. The summed E-state index contributed by atoms with van der Waals surface area (Å²) in [6.07, 6.45) is 5.66. The zero-order valence-electron chi connectivity index (χ0n) is 33.9. The molecule has 0 saturated heterocycles. The van der Waals surface area contributed by atoms with Gasteiger partial charge < -0.3 is 5.11 Å². The minimum absolute atomic E-state index is 0.0838. The lowest BCUT2D eigenvalue weighted by molar-refractivity contribution is 0.475. The molecule has 0 saturated carbocycles. The molecule has 0 fully saturated rings. The Kier molecular flexibility index (Phi) is 8.95. The van der Waals surface area contributed by atoms with Crippen LogP contribution in [0.3, 0.4) is 0 Å². The van der Waals surface area contributed by atoms with E-state index in [0.29, 0.717) is 11.4 Å². The Hall–Kier alpha value is -6.07. The maximum Gasteiger partial charge on any atom is 0.149 e. The van der Waals surface area contributed by atoms with E-state index in [-0.39, 0.29) is 22.0 Å². The molecule has 3 heterocycles. The zero-order chi connectivity index (χ0) is 39.6. The minimum atomic E-state index is -0.144. The monoisotopic (exact) mass is 734 g/mol. The van der Waals surface area contributed by atoms with Crippen LogP contribution < -0.4 is 0 Å². The summed E-state index contributed by atoms with van der Waals surface area (Å²) in [4.78, 5) is 14.8. The van der Waals surface area contributed by atoms with Crippen molar-refractivity contribution in [1.82, 2.24) is 19.5 Å². The topological polar surface area (TPSA) is 63.8 Å². The van der Waals surface area contributed by atoms with Gasteiger partial charge in [0.1, 0.15) is 11.6 Å². The largest absolute Gasteiger partial charge is 0.507 e. The highest BCUT2D eigenvalue weighted by Crippen LogP contribution is 2.43. The van der Waals surface area contributed by atoms with Gasteiger partial charge in [0.15, 0.2) is 0 Å². The lowest BCUT2D eigenvalue weighted by Gasteiger charge is -2.24.